The largest absolute Gasteiger partial charge is 1.00 e. The number of aromatic nitrogens is 2. The van der Waals surface area contributed by atoms with Gasteiger partial charge < -0.3 is 21.1 Å². The number of pyridine rings is 2. The summed E-state index contributed by atoms with van der Waals surface area (Å²) in [5, 5.41) is 25.8. The van der Waals surface area contributed by atoms with E-state index in [1.807, 2.05) is 6.07 Å². The smallest absolute Gasteiger partial charge is 0.857 e. The summed E-state index contributed by atoms with van der Waals surface area (Å²) in [6.45, 7) is 0. The predicted octanol–water partition coefficient (Wildman–Crippen LogP) is -0.446. The van der Waals surface area contributed by atoms with Crippen molar-refractivity contribution < 1.29 is 59.3 Å². The molecule has 3 aromatic rings. The van der Waals surface area contributed by atoms with Crippen LogP contribution in [-0.2, 0) is 12.8 Å². The molecular formula is C25H24N3NaO6S2. The van der Waals surface area contributed by atoms with Gasteiger partial charge in [0.25, 0.3) is 0 Å². The zero-order valence-corrected chi connectivity index (χ0v) is 23.9. The number of aromatic carboxylic acids is 2. The van der Waals surface area contributed by atoms with Crippen LogP contribution >= 0.6 is 24.4 Å². The Morgan fingerprint density at radius 1 is 0.811 bits per heavy atom. The van der Waals surface area contributed by atoms with Gasteiger partial charge in [-0.2, -0.15) is 7.11 Å². The quantitative estimate of drug-likeness (QED) is 0.180. The second kappa shape index (κ2) is 18.3. The number of carboxylic acids is 2. The van der Waals surface area contributed by atoms with E-state index in [0.29, 0.717) is 39.4 Å². The Morgan fingerprint density at radius 2 is 1.27 bits per heavy atom. The first kappa shape index (κ1) is 34.1. The van der Waals surface area contributed by atoms with Crippen LogP contribution in [0, 0.1) is 0 Å². The molecule has 0 bridgehead atoms. The van der Waals surface area contributed by atoms with Crippen molar-refractivity contribution >= 4 is 52.0 Å². The van der Waals surface area contributed by atoms with E-state index in [1.54, 1.807) is 36.7 Å². The normalized spacial score (nSPS) is 9.24. The molecule has 0 atom stereocenters. The number of nitrogens with zero attached hydrogens (tertiary/aromatic N) is 2. The molecule has 0 saturated heterocycles. The van der Waals surface area contributed by atoms with Gasteiger partial charge in [0.05, 0.1) is 16.1 Å². The first-order valence-corrected chi connectivity index (χ1v) is 11.1. The van der Waals surface area contributed by atoms with Gasteiger partial charge in [0.2, 0.25) is 0 Å². The molecule has 9 nitrogen and oxygen atoms in total. The Hall–Kier alpha value is -2.93. The maximum absolute atomic E-state index is 12.0. The summed E-state index contributed by atoms with van der Waals surface area (Å²) in [7, 11) is 0.750. The van der Waals surface area contributed by atoms with Crippen LogP contribution in [0.4, 0.5) is 0 Å². The summed E-state index contributed by atoms with van der Waals surface area (Å²) in [5.74, 6) is -2.07. The Bertz CT molecular complexity index is 1230. The van der Waals surface area contributed by atoms with Gasteiger partial charge in [-0.05, 0) is 23.3 Å². The van der Waals surface area contributed by atoms with Gasteiger partial charge in [0.1, 0.15) is 0 Å². The molecule has 188 valence electrons. The molecule has 1 aromatic carbocycles. The first-order valence-electron chi connectivity index (χ1n) is 10.3. The van der Waals surface area contributed by atoms with Gasteiger partial charge in [-0.3, -0.25) is 14.8 Å². The van der Waals surface area contributed by atoms with Crippen molar-refractivity contribution in [2.75, 3.05) is 7.11 Å². The van der Waals surface area contributed by atoms with Gasteiger partial charge in [-0.1, -0.05) is 54.8 Å². The van der Waals surface area contributed by atoms with Gasteiger partial charge in [0, 0.05) is 54.5 Å². The standard InChI is InChI=1S/C16H13NO3S.C8H8N2O2S.CH3O.Na/c18-15(12-4-2-1-3-5-12)8-14(21)7-11-6-13(16(19)20)10-17-9-11;9-7(13)2-5-1-6(8(11)12)4-10-3-5;1-2;/h1-6,9-10H,7-8H2,(H,19,20);1,3-4H,2H2,(H2,9,13)(H,11,12);1H3;/q;;-1;+1. The predicted molar refractivity (Wildman–Crippen MR) is 140 cm³/mol. The number of hydrogen-bond donors (Lipinski definition) is 3. The van der Waals surface area contributed by atoms with Crippen LogP contribution in [0.1, 0.15) is 48.6 Å². The molecule has 4 N–H and O–H groups in total. The molecule has 2 heterocycles. The Labute approximate surface area is 247 Å². The molecule has 0 fully saturated rings. The molecule has 37 heavy (non-hydrogen) atoms. The number of Topliss-reactive ketones (excluding diaryl/α,β-unsaturated/α-hetero) is 1. The fourth-order valence-electron chi connectivity index (χ4n) is 2.80. The minimum atomic E-state index is -1.03. The number of carbonyl (C=O) groups is 3. The Kier molecular flexibility index (Phi) is 16.9. The third kappa shape index (κ3) is 13.3. The summed E-state index contributed by atoms with van der Waals surface area (Å²) in [5.41, 5.74) is 7.60. The average Bonchev–Trinajstić information content (AvgIpc) is 2.86. The van der Waals surface area contributed by atoms with Crippen LogP contribution in [0.25, 0.3) is 0 Å². The molecule has 0 unspecified atom stereocenters. The molecule has 3 rings (SSSR count). The fraction of sp³-hybridized carbons (Fsp3) is 0.160. The maximum Gasteiger partial charge on any atom is 1.00 e. The van der Waals surface area contributed by atoms with Crippen LogP contribution < -0.4 is 40.4 Å². The Balaban J connectivity index is 0.000000700. The Morgan fingerprint density at radius 3 is 1.70 bits per heavy atom. The maximum atomic E-state index is 12.0. The molecule has 2 aromatic heterocycles. The number of carbonyl (C=O) groups excluding carboxylic acids is 1. The molecule has 0 aliphatic heterocycles. The van der Waals surface area contributed by atoms with Crippen molar-refractivity contribution in [3.05, 3.63) is 95.1 Å². The minimum Gasteiger partial charge on any atom is -0.857 e. The summed E-state index contributed by atoms with van der Waals surface area (Å²) < 4.78 is 0. The summed E-state index contributed by atoms with van der Waals surface area (Å²) >= 11 is 9.91. The number of thiocarbonyl (C=S) groups is 2. The number of nitrogens with two attached hydrogens (primary N) is 1. The van der Waals surface area contributed by atoms with E-state index in [2.05, 4.69) is 22.2 Å². The van der Waals surface area contributed by atoms with Crippen molar-refractivity contribution in [2.24, 2.45) is 5.73 Å². The number of benzene rings is 1. The minimum absolute atomic E-state index is 0. The van der Waals surface area contributed by atoms with Crippen molar-refractivity contribution in [1.29, 1.82) is 0 Å². The van der Waals surface area contributed by atoms with Gasteiger partial charge in [-0.25, -0.2) is 9.59 Å². The van der Waals surface area contributed by atoms with E-state index in [4.69, 9.17) is 33.3 Å². The van der Waals surface area contributed by atoms with Crippen molar-refractivity contribution in [3.8, 4) is 0 Å². The van der Waals surface area contributed by atoms with E-state index in [-0.39, 0.29) is 52.9 Å². The van der Waals surface area contributed by atoms with E-state index in [0.717, 1.165) is 7.11 Å². The number of hydrogen-bond acceptors (Lipinski definition) is 8. The topological polar surface area (TPSA) is 167 Å². The summed E-state index contributed by atoms with van der Waals surface area (Å²) in [6.07, 6.45) is 6.58. The van der Waals surface area contributed by atoms with Crippen LogP contribution in [0.5, 0.6) is 0 Å². The van der Waals surface area contributed by atoms with Crippen LogP contribution in [0.3, 0.4) is 0 Å². The molecule has 0 aliphatic carbocycles. The van der Waals surface area contributed by atoms with Crippen LogP contribution in [-0.4, -0.2) is 54.9 Å². The van der Waals surface area contributed by atoms with E-state index in [1.165, 1.54) is 24.5 Å². The second-order valence-corrected chi connectivity index (χ2v) is 8.20. The monoisotopic (exact) mass is 549 g/mol. The van der Waals surface area contributed by atoms with Gasteiger partial charge in [0.15, 0.2) is 5.78 Å². The van der Waals surface area contributed by atoms with Crippen LogP contribution in [0.15, 0.2) is 67.3 Å². The molecule has 0 amide bonds. The molecule has 0 saturated carbocycles. The van der Waals surface area contributed by atoms with E-state index >= 15 is 0 Å². The molecule has 0 radical (unpaired) electrons. The number of carboxylic acid groups (broad SMARTS) is 2. The molecule has 12 heteroatoms. The SMILES string of the molecule is C[O-].NC(=S)Cc1cncc(C(=O)O)c1.O=C(O)c1cncc(CC(=S)CC(=O)c2ccccc2)c1.[Na+]. The van der Waals surface area contributed by atoms with Crippen LogP contribution in [0.2, 0.25) is 0 Å². The van der Waals surface area contributed by atoms with Crippen molar-refractivity contribution in [3.63, 3.8) is 0 Å². The third-order valence-electron chi connectivity index (χ3n) is 4.32. The third-order valence-corrected chi connectivity index (χ3v) is 4.75. The molecular weight excluding hydrogens is 525 g/mol. The zero-order chi connectivity index (χ0) is 27.1. The fourth-order valence-corrected chi connectivity index (χ4v) is 3.26. The average molecular weight is 550 g/mol. The first-order chi connectivity index (χ1) is 17.2. The second-order valence-electron chi connectivity index (χ2n) is 7.10. The summed E-state index contributed by atoms with van der Waals surface area (Å²) in [4.78, 5) is 42.0. The van der Waals surface area contributed by atoms with Crippen molar-refractivity contribution in [1.82, 2.24) is 9.97 Å². The molecule has 0 aliphatic rings. The summed E-state index contributed by atoms with van der Waals surface area (Å²) in [6, 6.07) is 12.0. The van der Waals surface area contributed by atoms with E-state index in [9.17, 15) is 14.4 Å². The van der Waals surface area contributed by atoms with Gasteiger partial charge >= 0.3 is 41.5 Å². The number of rotatable bonds is 9. The van der Waals surface area contributed by atoms with Crippen molar-refractivity contribution in [2.45, 2.75) is 19.3 Å². The zero-order valence-electron chi connectivity index (χ0n) is 20.3. The molecule has 0 spiro atoms. The van der Waals surface area contributed by atoms with E-state index < -0.39 is 11.9 Å². The number of ketones is 1. The van der Waals surface area contributed by atoms with Gasteiger partial charge in [-0.15, -0.1) is 0 Å².